The van der Waals surface area contributed by atoms with Crippen LogP contribution < -0.4 is 9.80 Å². The second-order valence-electron chi connectivity index (χ2n) is 19.5. The van der Waals surface area contributed by atoms with E-state index in [0.29, 0.717) is 0 Å². The van der Waals surface area contributed by atoms with Crippen LogP contribution in [-0.4, -0.2) is 0 Å². The summed E-state index contributed by atoms with van der Waals surface area (Å²) < 4.78 is 2.58. The fourth-order valence-electron chi connectivity index (χ4n) is 12.0. The molecule has 75 heavy (non-hydrogen) atoms. The van der Waals surface area contributed by atoms with Crippen molar-refractivity contribution in [1.29, 1.82) is 0 Å². The number of rotatable bonds is 5. The van der Waals surface area contributed by atoms with Crippen LogP contribution in [0.5, 0.6) is 0 Å². The molecule has 0 spiro atoms. The van der Waals surface area contributed by atoms with Gasteiger partial charge in [0.15, 0.2) is 0 Å². The summed E-state index contributed by atoms with van der Waals surface area (Å²) in [5.74, 6) is 0. The Balaban J connectivity index is 1.10. The van der Waals surface area contributed by atoms with Crippen LogP contribution in [0.2, 0.25) is 0 Å². The van der Waals surface area contributed by atoms with E-state index in [4.69, 9.17) is 0 Å². The summed E-state index contributed by atoms with van der Waals surface area (Å²) in [6, 6.07) is 103. The minimum absolute atomic E-state index is 1.05. The average molecular weight is 971 g/mol. The lowest BCUT2D eigenvalue weighted by molar-refractivity contribution is 1.23. The number of thiophene rings is 1. The second kappa shape index (κ2) is 17.6. The van der Waals surface area contributed by atoms with E-state index >= 15 is 0 Å². The Morgan fingerprint density at radius 2 is 0.733 bits per heavy atom. The van der Waals surface area contributed by atoms with Gasteiger partial charge in [-0.25, -0.2) is 0 Å². The van der Waals surface area contributed by atoms with E-state index < -0.39 is 0 Å². The van der Waals surface area contributed by atoms with Crippen molar-refractivity contribution in [1.82, 2.24) is 0 Å². The molecule has 0 bridgehead atoms. The van der Waals surface area contributed by atoms with Crippen molar-refractivity contribution in [2.45, 2.75) is 0 Å². The molecular weight excluding hydrogens is 925 g/mol. The van der Waals surface area contributed by atoms with Crippen molar-refractivity contribution in [2.24, 2.45) is 0 Å². The number of para-hydroxylation sites is 3. The third kappa shape index (κ3) is 7.01. The fraction of sp³-hybridized carbons (Fsp3) is 0. The number of fused-ring (bicyclic) bond motifs is 18. The summed E-state index contributed by atoms with van der Waals surface area (Å²) in [5.41, 5.74) is 13.6. The van der Waals surface area contributed by atoms with Crippen molar-refractivity contribution >= 4 is 119 Å². The molecule has 1 aliphatic heterocycles. The molecule has 0 unspecified atom stereocenters. The van der Waals surface area contributed by atoms with E-state index in [2.05, 4.69) is 289 Å². The molecule has 0 atom stereocenters. The molecule has 13 aromatic carbocycles. The molecule has 15 rings (SSSR count). The van der Waals surface area contributed by atoms with Crippen molar-refractivity contribution in [2.75, 3.05) is 9.80 Å². The van der Waals surface area contributed by atoms with Gasteiger partial charge in [-0.2, -0.15) is 0 Å². The highest BCUT2D eigenvalue weighted by molar-refractivity contribution is 7.25. The molecule has 350 valence electrons. The zero-order valence-corrected chi connectivity index (χ0v) is 41.7. The van der Waals surface area contributed by atoms with Crippen LogP contribution in [0.25, 0.3) is 107 Å². The van der Waals surface area contributed by atoms with E-state index in [-0.39, 0.29) is 0 Å². The monoisotopic (exact) mass is 970 g/mol. The van der Waals surface area contributed by atoms with Gasteiger partial charge in [-0.15, -0.1) is 11.3 Å². The van der Waals surface area contributed by atoms with Crippen LogP contribution >= 0.6 is 11.3 Å². The van der Waals surface area contributed by atoms with Crippen LogP contribution in [0.3, 0.4) is 0 Å². The molecule has 0 aliphatic carbocycles. The van der Waals surface area contributed by atoms with Gasteiger partial charge in [0.05, 0.1) is 17.1 Å². The summed E-state index contributed by atoms with van der Waals surface area (Å²) in [6.07, 6.45) is 0. The van der Waals surface area contributed by atoms with Crippen molar-refractivity contribution in [3.63, 3.8) is 0 Å². The molecule has 0 amide bonds. The fourth-order valence-corrected chi connectivity index (χ4v) is 13.2. The van der Waals surface area contributed by atoms with Crippen LogP contribution in [0.1, 0.15) is 0 Å². The molecule has 0 fully saturated rings. The Kier molecular flexibility index (Phi) is 10.1. The highest BCUT2D eigenvalue weighted by atomic mass is 32.1. The summed E-state index contributed by atoms with van der Waals surface area (Å²) in [5, 5.41) is 14.6. The largest absolute Gasteiger partial charge is 0.308 e. The van der Waals surface area contributed by atoms with E-state index in [1.165, 1.54) is 102 Å². The first-order chi connectivity index (χ1) is 37.2. The molecule has 2 nitrogen and oxygen atoms in total. The highest BCUT2D eigenvalue weighted by Crippen LogP contribution is 2.56. The third-order valence-electron chi connectivity index (χ3n) is 15.4. The van der Waals surface area contributed by atoms with E-state index in [1.54, 1.807) is 0 Å². The van der Waals surface area contributed by atoms with Crippen LogP contribution in [0.4, 0.5) is 34.1 Å². The molecule has 0 saturated carbocycles. The van der Waals surface area contributed by atoms with Gasteiger partial charge in [-0.05, 0) is 143 Å². The molecule has 0 N–H and O–H groups in total. The molecule has 1 aromatic heterocycles. The molecule has 2 heterocycles. The molecular formula is C72H46N2S. The smallest absolute Gasteiger partial charge is 0.0781 e. The number of benzene rings is 12. The lowest BCUT2D eigenvalue weighted by Crippen LogP contribution is -2.17. The maximum Gasteiger partial charge on any atom is 0.0781 e. The van der Waals surface area contributed by atoms with Crippen LogP contribution in [0, 0.1) is 0 Å². The second-order valence-corrected chi connectivity index (χ2v) is 20.6. The Morgan fingerprint density at radius 1 is 0.267 bits per heavy atom. The van der Waals surface area contributed by atoms with E-state index in [0.717, 1.165) is 39.7 Å². The highest BCUT2D eigenvalue weighted by Gasteiger charge is 2.31. The average Bonchev–Trinajstić information content (AvgIpc) is 3.79. The Bertz CT molecular complexity index is 4650. The Hall–Kier alpha value is -9.54. The van der Waals surface area contributed by atoms with Gasteiger partial charge in [-0.3, -0.25) is 0 Å². The topological polar surface area (TPSA) is 6.48 Å². The first kappa shape index (κ1) is 43.1. The molecule has 0 saturated heterocycles. The van der Waals surface area contributed by atoms with Gasteiger partial charge in [0.2, 0.25) is 0 Å². The molecule has 3 heteroatoms. The predicted octanol–water partition coefficient (Wildman–Crippen LogP) is 21.2. The lowest BCUT2D eigenvalue weighted by Gasteiger charge is -2.34. The van der Waals surface area contributed by atoms with Gasteiger partial charge in [0.25, 0.3) is 0 Å². The third-order valence-corrected chi connectivity index (χ3v) is 16.5. The molecule has 14 aromatic rings. The summed E-state index contributed by atoms with van der Waals surface area (Å²) in [7, 11) is 0. The summed E-state index contributed by atoms with van der Waals surface area (Å²) in [6.45, 7) is 0. The van der Waals surface area contributed by atoms with Crippen molar-refractivity contribution in [3.05, 3.63) is 279 Å². The first-order valence-electron chi connectivity index (χ1n) is 25.7. The predicted molar refractivity (Wildman–Crippen MR) is 324 cm³/mol. The maximum atomic E-state index is 2.50. The number of nitrogens with zero attached hydrogens (tertiary/aromatic N) is 2. The van der Waals surface area contributed by atoms with Gasteiger partial charge in [0, 0.05) is 48.4 Å². The van der Waals surface area contributed by atoms with Crippen LogP contribution in [0.15, 0.2) is 279 Å². The standard InChI is InChI=1S/C72H46N2S/c1-3-20-47(21-4-1)48-38-40-50(41-39-48)73(69-36-19-34-63-57-29-12-11-28-56(57)61-32-15-17-35-68(61)74(72(63)69)49-22-5-2-6-23-49)51-42-43-60-64(44-51)58-30-13-9-26-54(58)52-24-7-8-25-53(52)55-27-10-14-31-59(55)65-45-67-62-33-16-18-37-70(62)75-71(67)46-66(60)65/h1-46H. The Morgan fingerprint density at radius 3 is 1.40 bits per heavy atom. The quantitative estimate of drug-likeness (QED) is 0.170. The zero-order chi connectivity index (χ0) is 49.4. The van der Waals surface area contributed by atoms with E-state index in [1.807, 2.05) is 11.3 Å². The van der Waals surface area contributed by atoms with Gasteiger partial charge in [0.1, 0.15) is 0 Å². The van der Waals surface area contributed by atoms with Gasteiger partial charge < -0.3 is 9.80 Å². The zero-order valence-electron chi connectivity index (χ0n) is 40.9. The maximum absolute atomic E-state index is 2.50. The molecule has 0 radical (unpaired) electrons. The summed E-state index contributed by atoms with van der Waals surface area (Å²) in [4.78, 5) is 4.99. The SMILES string of the molecule is c1ccc(-c2ccc(N(c3ccc4c(c3)c3ccccc3c3ccccc3c3ccccc3c3cc5c(cc43)sc3ccccc35)c3cccc4c3N(c3ccccc3)c3ccccc3-c3ccccc3-4)cc2)cc1. The minimum atomic E-state index is 1.05. The van der Waals surface area contributed by atoms with Gasteiger partial charge >= 0.3 is 0 Å². The normalized spacial score (nSPS) is 12.0. The Labute approximate surface area is 439 Å². The van der Waals surface area contributed by atoms with Crippen LogP contribution in [-0.2, 0) is 0 Å². The van der Waals surface area contributed by atoms with E-state index in [9.17, 15) is 0 Å². The first-order valence-corrected chi connectivity index (χ1v) is 26.6. The number of anilines is 6. The summed E-state index contributed by atoms with van der Waals surface area (Å²) >= 11 is 1.88. The lowest BCUT2D eigenvalue weighted by atomic mass is 9.93. The minimum Gasteiger partial charge on any atom is -0.308 e. The van der Waals surface area contributed by atoms with Crippen molar-refractivity contribution < 1.29 is 0 Å². The number of hydrogen-bond donors (Lipinski definition) is 0. The number of hydrogen-bond acceptors (Lipinski definition) is 3. The van der Waals surface area contributed by atoms with Crippen molar-refractivity contribution in [3.8, 4) is 33.4 Å². The van der Waals surface area contributed by atoms with Gasteiger partial charge in [-0.1, -0.05) is 212 Å². The molecule has 1 aliphatic rings.